The Morgan fingerprint density at radius 2 is 2.16 bits per heavy atom. The summed E-state index contributed by atoms with van der Waals surface area (Å²) in [6, 6.07) is 3.38. The number of thioether (sulfide) groups is 1. The van der Waals surface area contributed by atoms with E-state index in [9.17, 15) is 12.8 Å². The van der Waals surface area contributed by atoms with Crippen molar-refractivity contribution >= 4 is 21.8 Å². The molecule has 0 saturated heterocycles. The van der Waals surface area contributed by atoms with Gasteiger partial charge in [-0.3, -0.25) is 0 Å². The van der Waals surface area contributed by atoms with Gasteiger partial charge in [-0.1, -0.05) is 6.92 Å². The minimum atomic E-state index is -3.65. The Hall–Kier alpha value is -0.630. The maximum Gasteiger partial charge on any atom is 0.240 e. The second-order valence-electron chi connectivity index (χ2n) is 4.14. The van der Waals surface area contributed by atoms with Crippen molar-refractivity contribution in [2.75, 3.05) is 12.8 Å². The van der Waals surface area contributed by atoms with Crippen LogP contribution >= 0.6 is 11.8 Å². The third kappa shape index (κ3) is 4.76. The van der Waals surface area contributed by atoms with Crippen molar-refractivity contribution in [2.45, 2.75) is 30.1 Å². The molecule has 0 radical (unpaired) electrons. The average Bonchev–Trinajstić information content (AvgIpc) is 2.38. The van der Waals surface area contributed by atoms with Gasteiger partial charge in [-0.05, 0) is 30.9 Å². The minimum absolute atomic E-state index is 0.0274. The smallest absolute Gasteiger partial charge is 0.240 e. The standard InChI is InChI=1S/C12H18FNO3S2/c1-9(18-2)5-6-14-19(16,17)11-3-4-12(13)10(7-11)8-15/h3-4,7,9,14-15H,5-6,8H2,1-2H3. The van der Waals surface area contributed by atoms with Crippen LogP contribution in [-0.4, -0.2) is 31.6 Å². The third-order valence-electron chi connectivity index (χ3n) is 2.74. The molecule has 108 valence electrons. The number of halogens is 1. The first kappa shape index (κ1) is 16.4. The summed E-state index contributed by atoms with van der Waals surface area (Å²) in [4.78, 5) is -0.0326. The van der Waals surface area contributed by atoms with Crippen molar-refractivity contribution in [1.82, 2.24) is 4.72 Å². The van der Waals surface area contributed by atoms with Gasteiger partial charge < -0.3 is 5.11 Å². The number of aliphatic hydroxyl groups excluding tert-OH is 1. The molecule has 1 atom stereocenters. The second-order valence-corrected chi connectivity index (χ2v) is 7.19. The zero-order valence-corrected chi connectivity index (χ0v) is 12.5. The third-order valence-corrected chi connectivity index (χ3v) is 5.24. The SMILES string of the molecule is CSC(C)CCNS(=O)(=O)c1ccc(F)c(CO)c1. The van der Waals surface area contributed by atoms with E-state index >= 15 is 0 Å². The van der Waals surface area contributed by atoms with Gasteiger partial charge in [0, 0.05) is 17.4 Å². The van der Waals surface area contributed by atoms with Gasteiger partial charge in [-0.2, -0.15) is 11.8 Å². The Morgan fingerprint density at radius 1 is 1.47 bits per heavy atom. The number of rotatable bonds is 7. The maximum atomic E-state index is 13.2. The van der Waals surface area contributed by atoms with Crippen LogP contribution in [0.1, 0.15) is 18.9 Å². The van der Waals surface area contributed by atoms with Crippen molar-refractivity contribution < 1.29 is 17.9 Å². The van der Waals surface area contributed by atoms with E-state index in [0.29, 0.717) is 18.2 Å². The van der Waals surface area contributed by atoms with Gasteiger partial charge in [-0.15, -0.1) is 0 Å². The first-order valence-corrected chi connectivity index (χ1v) is 8.59. The normalized spacial score (nSPS) is 13.5. The van der Waals surface area contributed by atoms with Crippen LogP contribution < -0.4 is 4.72 Å². The molecule has 1 aromatic rings. The Morgan fingerprint density at radius 3 is 2.74 bits per heavy atom. The van der Waals surface area contributed by atoms with Gasteiger partial charge in [0.05, 0.1) is 11.5 Å². The highest BCUT2D eigenvalue weighted by molar-refractivity contribution is 7.99. The molecule has 1 rings (SSSR count). The number of nitrogens with one attached hydrogen (secondary N) is 1. The Kier molecular flexibility index (Phi) is 6.25. The highest BCUT2D eigenvalue weighted by atomic mass is 32.2. The lowest BCUT2D eigenvalue weighted by molar-refractivity contribution is 0.275. The van der Waals surface area contributed by atoms with Crippen molar-refractivity contribution in [3.05, 3.63) is 29.6 Å². The van der Waals surface area contributed by atoms with E-state index in [4.69, 9.17) is 5.11 Å². The fourth-order valence-corrected chi connectivity index (χ4v) is 2.89. The summed E-state index contributed by atoms with van der Waals surface area (Å²) < 4.78 is 39.6. The molecule has 0 spiro atoms. The second kappa shape index (κ2) is 7.23. The van der Waals surface area contributed by atoms with Crippen molar-refractivity contribution in [1.29, 1.82) is 0 Å². The molecule has 0 fully saturated rings. The number of sulfonamides is 1. The van der Waals surface area contributed by atoms with Crippen LogP contribution in [0.25, 0.3) is 0 Å². The molecule has 2 N–H and O–H groups in total. The lowest BCUT2D eigenvalue weighted by Gasteiger charge is -2.10. The number of benzene rings is 1. The molecular weight excluding hydrogens is 289 g/mol. The Balaban J connectivity index is 2.77. The predicted octanol–water partition coefficient (Wildman–Crippen LogP) is 1.74. The largest absolute Gasteiger partial charge is 0.392 e. The predicted molar refractivity (Wildman–Crippen MR) is 75.1 cm³/mol. The van der Waals surface area contributed by atoms with Gasteiger partial charge in [0.15, 0.2) is 0 Å². The minimum Gasteiger partial charge on any atom is -0.392 e. The van der Waals surface area contributed by atoms with Crippen LogP contribution in [0.4, 0.5) is 4.39 Å². The van der Waals surface area contributed by atoms with E-state index in [2.05, 4.69) is 4.72 Å². The molecule has 0 saturated carbocycles. The Bertz CT molecular complexity index is 520. The topological polar surface area (TPSA) is 66.4 Å². The molecule has 1 unspecified atom stereocenters. The van der Waals surface area contributed by atoms with E-state index < -0.39 is 22.4 Å². The lowest BCUT2D eigenvalue weighted by Crippen LogP contribution is -2.26. The lowest BCUT2D eigenvalue weighted by atomic mass is 10.2. The maximum absolute atomic E-state index is 13.2. The van der Waals surface area contributed by atoms with Crippen molar-refractivity contribution in [2.24, 2.45) is 0 Å². The van der Waals surface area contributed by atoms with E-state index in [1.807, 2.05) is 13.2 Å². The fourth-order valence-electron chi connectivity index (χ4n) is 1.44. The first-order chi connectivity index (χ1) is 8.90. The summed E-state index contributed by atoms with van der Waals surface area (Å²) >= 11 is 1.66. The van der Waals surface area contributed by atoms with Gasteiger partial charge in [0.2, 0.25) is 10.0 Å². The van der Waals surface area contributed by atoms with Gasteiger partial charge in [-0.25, -0.2) is 17.5 Å². The molecule has 0 aromatic heterocycles. The molecule has 0 amide bonds. The fraction of sp³-hybridized carbons (Fsp3) is 0.500. The number of hydrogen-bond donors (Lipinski definition) is 2. The van der Waals surface area contributed by atoms with Crippen LogP contribution in [0, 0.1) is 5.82 Å². The van der Waals surface area contributed by atoms with Crippen LogP contribution in [-0.2, 0) is 16.6 Å². The molecule has 0 aliphatic carbocycles. The summed E-state index contributed by atoms with van der Waals surface area (Å²) in [5.74, 6) is -0.613. The van der Waals surface area contributed by atoms with Crippen LogP contribution in [0.15, 0.2) is 23.1 Å². The highest BCUT2D eigenvalue weighted by Crippen LogP contribution is 2.15. The van der Waals surface area contributed by atoms with Gasteiger partial charge in [0.1, 0.15) is 5.82 Å². The summed E-state index contributed by atoms with van der Waals surface area (Å²) in [6.07, 6.45) is 2.68. The van der Waals surface area contributed by atoms with E-state index in [1.54, 1.807) is 11.8 Å². The summed E-state index contributed by atoms with van der Waals surface area (Å²) in [6.45, 7) is 1.82. The average molecular weight is 307 g/mol. The van der Waals surface area contributed by atoms with E-state index in [1.165, 1.54) is 6.07 Å². The molecule has 0 heterocycles. The quantitative estimate of drug-likeness (QED) is 0.805. The van der Waals surface area contributed by atoms with Crippen molar-refractivity contribution in [3.63, 3.8) is 0 Å². The first-order valence-electron chi connectivity index (χ1n) is 5.82. The molecule has 7 heteroatoms. The van der Waals surface area contributed by atoms with Crippen LogP contribution in [0.5, 0.6) is 0 Å². The highest BCUT2D eigenvalue weighted by Gasteiger charge is 2.16. The van der Waals surface area contributed by atoms with E-state index in [-0.39, 0.29) is 10.5 Å². The molecule has 4 nitrogen and oxygen atoms in total. The number of hydrogen-bond acceptors (Lipinski definition) is 4. The molecule has 1 aromatic carbocycles. The molecular formula is C12H18FNO3S2. The molecule has 19 heavy (non-hydrogen) atoms. The molecule has 0 aliphatic heterocycles. The summed E-state index contributed by atoms with van der Waals surface area (Å²) in [5, 5.41) is 9.30. The van der Waals surface area contributed by atoms with Gasteiger partial charge >= 0.3 is 0 Å². The van der Waals surface area contributed by atoms with Crippen LogP contribution in [0.3, 0.4) is 0 Å². The molecule has 0 bridgehead atoms. The zero-order valence-electron chi connectivity index (χ0n) is 10.9. The van der Waals surface area contributed by atoms with Crippen molar-refractivity contribution in [3.8, 4) is 0 Å². The summed E-state index contributed by atoms with van der Waals surface area (Å²) in [5.41, 5.74) is -0.0274. The Labute approximate surface area is 117 Å². The number of aliphatic hydroxyl groups is 1. The van der Waals surface area contributed by atoms with Gasteiger partial charge in [0.25, 0.3) is 0 Å². The van der Waals surface area contributed by atoms with Crippen LogP contribution in [0.2, 0.25) is 0 Å². The van der Waals surface area contributed by atoms with E-state index in [0.717, 1.165) is 12.1 Å². The monoisotopic (exact) mass is 307 g/mol. The summed E-state index contributed by atoms with van der Waals surface area (Å²) in [7, 11) is -3.65. The molecule has 0 aliphatic rings. The zero-order chi connectivity index (χ0) is 14.5.